The number of carbonyl (C=O) groups excluding carboxylic acids is 1. The first-order chi connectivity index (χ1) is 12.6. The molecule has 26 heavy (non-hydrogen) atoms. The zero-order valence-corrected chi connectivity index (χ0v) is 15.6. The predicted molar refractivity (Wildman–Crippen MR) is 98.7 cm³/mol. The number of carbonyl (C=O) groups is 1. The van der Waals surface area contributed by atoms with Crippen LogP contribution in [0.5, 0.6) is 5.75 Å². The lowest BCUT2D eigenvalue weighted by atomic mass is 9.96. The molecule has 1 unspecified atom stereocenters. The van der Waals surface area contributed by atoms with Gasteiger partial charge in [-0.3, -0.25) is 9.56 Å². The fourth-order valence-corrected chi connectivity index (χ4v) is 4.81. The van der Waals surface area contributed by atoms with Gasteiger partial charge in [0.25, 0.3) is 5.72 Å². The molecule has 8 heteroatoms. The minimum atomic E-state index is -1.99. The Morgan fingerprint density at radius 3 is 2.81 bits per heavy atom. The molecule has 0 spiro atoms. The van der Waals surface area contributed by atoms with E-state index >= 15 is 0 Å². The van der Waals surface area contributed by atoms with Gasteiger partial charge in [-0.1, -0.05) is 25.3 Å². The van der Waals surface area contributed by atoms with Gasteiger partial charge in [-0.15, -0.1) is 0 Å². The first-order valence-electron chi connectivity index (χ1n) is 8.72. The van der Waals surface area contributed by atoms with Crippen molar-refractivity contribution in [1.82, 2.24) is 9.55 Å². The minimum absolute atomic E-state index is 0.118. The van der Waals surface area contributed by atoms with E-state index in [4.69, 9.17) is 14.5 Å². The smallest absolute Gasteiger partial charge is 0.367 e. The molecule has 2 aliphatic rings. The van der Waals surface area contributed by atoms with Crippen LogP contribution in [0.3, 0.4) is 0 Å². The molecule has 1 saturated carbocycles. The van der Waals surface area contributed by atoms with Crippen LogP contribution in [-0.4, -0.2) is 45.9 Å². The van der Waals surface area contributed by atoms with Gasteiger partial charge in [0, 0.05) is 0 Å². The van der Waals surface area contributed by atoms with E-state index in [0.717, 1.165) is 25.7 Å². The summed E-state index contributed by atoms with van der Waals surface area (Å²) in [6, 6.07) is 5.51. The molecule has 1 aliphatic carbocycles. The highest BCUT2D eigenvalue weighted by Gasteiger charge is 2.53. The number of imidazole rings is 1. The number of aliphatic imine (C=N–C) groups is 1. The monoisotopic (exact) mass is 375 g/mol. The summed E-state index contributed by atoms with van der Waals surface area (Å²) in [6.07, 6.45) is 5.39. The van der Waals surface area contributed by atoms with Crippen molar-refractivity contribution in [3.8, 4) is 5.75 Å². The van der Waals surface area contributed by atoms with Crippen LogP contribution < -0.4 is 4.74 Å². The minimum Gasteiger partial charge on any atom is -0.494 e. The van der Waals surface area contributed by atoms with Crippen LogP contribution in [0.25, 0.3) is 11.0 Å². The highest BCUT2D eigenvalue weighted by atomic mass is 32.2. The van der Waals surface area contributed by atoms with Gasteiger partial charge in [0.15, 0.2) is 5.16 Å². The maximum absolute atomic E-state index is 12.6. The first kappa shape index (κ1) is 17.4. The Morgan fingerprint density at radius 2 is 2.12 bits per heavy atom. The average Bonchev–Trinajstić information content (AvgIpc) is 3.17. The number of para-hydroxylation sites is 1. The van der Waals surface area contributed by atoms with Crippen LogP contribution in [-0.2, 0) is 15.3 Å². The zero-order chi connectivity index (χ0) is 18.3. The summed E-state index contributed by atoms with van der Waals surface area (Å²) >= 11 is 1.22. The number of aliphatic hydroxyl groups is 1. The average molecular weight is 375 g/mol. The van der Waals surface area contributed by atoms with Gasteiger partial charge in [-0.05, 0) is 36.7 Å². The Balaban J connectivity index is 1.86. The molecule has 0 radical (unpaired) electrons. The molecule has 4 rings (SSSR count). The molecule has 2 aromatic rings. The molecule has 0 amide bonds. The number of methoxy groups -OCH3 is 2. The van der Waals surface area contributed by atoms with Gasteiger partial charge in [0.2, 0.25) is 0 Å². The third-order valence-corrected chi connectivity index (χ3v) is 6.03. The van der Waals surface area contributed by atoms with Gasteiger partial charge in [-0.2, -0.15) is 0 Å². The molecule has 1 aromatic carbocycles. The first-order valence-corrected chi connectivity index (χ1v) is 9.54. The van der Waals surface area contributed by atoms with Crippen molar-refractivity contribution in [2.45, 2.75) is 49.0 Å². The van der Waals surface area contributed by atoms with E-state index in [-0.39, 0.29) is 6.04 Å². The summed E-state index contributed by atoms with van der Waals surface area (Å²) in [4.78, 5) is 21.9. The Kier molecular flexibility index (Phi) is 4.40. The quantitative estimate of drug-likeness (QED) is 0.830. The largest absolute Gasteiger partial charge is 0.494 e. The molecule has 1 aliphatic heterocycles. The number of benzene rings is 1. The highest BCUT2D eigenvalue weighted by Crippen LogP contribution is 2.44. The second kappa shape index (κ2) is 6.59. The molecule has 1 aromatic heterocycles. The Morgan fingerprint density at radius 1 is 1.35 bits per heavy atom. The molecule has 1 atom stereocenters. The van der Waals surface area contributed by atoms with E-state index in [9.17, 15) is 9.90 Å². The fraction of sp³-hybridized carbons (Fsp3) is 0.500. The summed E-state index contributed by atoms with van der Waals surface area (Å²) in [5, 5.41) is 12.3. The van der Waals surface area contributed by atoms with Crippen LogP contribution in [0.4, 0.5) is 0 Å². The zero-order valence-electron chi connectivity index (χ0n) is 14.8. The summed E-state index contributed by atoms with van der Waals surface area (Å²) in [5.74, 6) is -0.177. The SMILES string of the molecule is COC(=O)C1(O)C(=NC2CCCCC2)Sc2nc3c(OC)cccc3n21. The van der Waals surface area contributed by atoms with Crippen LogP contribution in [0.1, 0.15) is 32.1 Å². The van der Waals surface area contributed by atoms with E-state index in [1.165, 1.54) is 29.9 Å². The molecule has 1 N–H and O–H groups in total. The van der Waals surface area contributed by atoms with Gasteiger partial charge in [0.05, 0.1) is 25.8 Å². The molecule has 7 nitrogen and oxygen atoms in total. The molecule has 0 bridgehead atoms. The molecule has 2 heterocycles. The number of hydrogen-bond donors (Lipinski definition) is 1. The molecular weight excluding hydrogens is 354 g/mol. The number of thioether (sulfide) groups is 1. The summed E-state index contributed by atoms with van der Waals surface area (Å²) in [6.45, 7) is 0. The van der Waals surface area contributed by atoms with E-state index in [1.807, 2.05) is 0 Å². The maximum atomic E-state index is 12.6. The number of fused-ring (bicyclic) bond motifs is 3. The van der Waals surface area contributed by atoms with Gasteiger partial charge >= 0.3 is 5.97 Å². The third kappa shape index (κ3) is 2.51. The van der Waals surface area contributed by atoms with Crippen molar-refractivity contribution in [3.63, 3.8) is 0 Å². The third-order valence-electron chi connectivity index (χ3n) is 4.99. The molecule has 1 fully saturated rings. The van der Waals surface area contributed by atoms with Gasteiger partial charge in [0.1, 0.15) is 16.3 Å². The van der Waals surface area contributed by atoms with Crippen LogP contribution >= 0.6 is 11.8 Å². The lowest BCUT2D eigenvalue weighted by Crippen LogP contribution is -2.46. The Bertz CT molecular complexity index is 888. The summed E-state index contributed by atoms with van der Waals surface area (Å²) in [7, 11) is 2.83. The standard InChI is InChI=1S/C18H21N3O4S/c1-24-13-10-6-9-12-14(13)20-17-21(12)18(23,16(22)25-2)15(26-17)19-11-7-4-3-5-8-11/h6,9-11,23H,3-5,7-8H2,1-2H3. The fourth-order valence-electron chi connectivity index (χ4n) is 3.66. The van der Waals surface area contributed by atoms with Gasteiger partial charge < -0.3 is 14.6 Å². The number of esters is 1. The lowest BCUT2D eigenvalue weighted by molar-refractivity contribution is -0.162. The normalized spacial score (nSPS) is 24.8. The Labute approximate surface area is 155 Å². The van der Waals surface area contributed by atoms with Crippen molar-refractivity contribution in [2.24, 2.45) is 4.99 Å². The Hall–Kier alpha value is -2.06. The molecule has 138 valence electrons. The van der Waals surface area contributed by atoms with Crippen molar-refractivity contribution < 1.29 is 19.4 Å². The number of rotatable bonds is 3. The van der Waals surface area contributed by atoms with Crippen molar-refractivity contribution in [1.29, 1.82) is 0 Å². The lowest BCUT2D eigenvalue weighted by Gasteiger charge is -2.25. The topological polar surface area (TPSA) is 85.9 Å². The summed E-state index contributed by atoms with van der Waals surface area (Å²) < 4.78 is 11.8. The van der Waals surface area contributed by atoms with E-state index < -0.39 is 11.7 Å². The number of aromatic nitrogens is 2. The van der Waals surface area contributed by atoms with Crippen molar-refractivity contribution in [2.75, 3.05) is 14.2 Å². The van der Waals surface area contributed by atoms with Crippen LogP contribution in [0.15, 0.2) is 28.3 Å². The highest BCUT2D eigenvalue weighted by molar-refractivity contribution is 8.14. The number of nitrogens with zero attached hydrogens (tertiary/aromatic N) is 3. The van der Waals surface area contributed by atoms with E-state index in [2.05, 4.69) is 4.98 Å². The maximum Gasteiger partial charge on any atom is 0.367 e. The van der Waals surface area contributed by atoms with Crippen molar-refractivity contribution >= 4 is 33.8 Å². The number of ether oxygens (including phenoxy) is 2. The van der Waals surface area contributed by atoms with Crippen LogP contribution in [0.2, 0.25) is 0 Å². The van der Waals surface area contributed by atoms with Gasteiger partial charge in [-0.25, -0.2) is 9.78 Å². The second-order valence-corrected chi connectivity index (χ2v) is 7.51. The predicted octanol–water partition coefficient (Wildman–Crippen LogP) is 2.70. The number of hydrogen-bond acceptors (Lipinski definition) is 7. The summed E-state index contributed by atoms with van der Waals surface area (Å²) in [5.41, 5.74) is -0.794. The second-order valence-electron chi connectivity index (χ2n) is 6.55. The molecular formula is C18H21N3O4S. The van der Waals surface area contributed by atoms with E-state index in [0.29, 0.717) is 27.0 Å². The van der Waals surface area contributed by atoms with Crippen molar-refractivity contribution in [3.05, 3.63) is 18.2 Å². The van der Waals surface area contributed by atoms with E-state index in [1.54, 1.807) is 25.3 Å². The molecule has 0 saturated heterocycles. The van der Waals surface area contributed by atoms with Crippen LogP contribution in [0, 0.1) is 0 Å².